The highest BCUT2D eigenvalue weighted by atomic mass is 16.4. The van der Waals surface area contributed by atoms with Gasteiger partial charge in [0.25, 0.3) is 0 Å². The Labute approximate surface area is 231 Å². The summed E-state index contributed by atoms with van der Waals surface area (Å²) in [4.78, 5) is 65.8. The molecule has 0 bridgehead atoms. The van der Waals surface area contributed by atoms with Gasteiger partial charge in [-0.1, -0.05) is 45.8 Å². The molecule has 1 unspecified atom stereocenters. The number of hydrogen-bond acceptors (Lipinski definition) is 5. The summed E-state index contributed by atoms with van der Waals surface area (Å²) in [6.45, 7) is 7.23. The van der Waals surface area contributed by atoms with Crippen LogP contribution in [0.25, 0.3) is 0 Å². The predicted octanol–water partition coefficient (Wildman–Crippen LogP) is 2.02. The Balaban J connectivity index is 1.49. The first-order chi connectivity index (χ1) is 18.6. The number of carbonyl (C=O) groups excluding carboxylic acids is 4. The summed E-state index contributed by atoms with van der Waals surface area (Å²) in [5, 5.41) is 18.0. The summed E-state index contributed by atoms with van der Waals surface area (Å²) in [6, 6.07) is -1.53. The maximum atomic E-state index is 13.1. The second kappa shape index (κ2) is 13.8. The van der Waals surface area contributed by atoms with Crippen molar-refractivity contribution in [3.63, 3.8) is 0 Å². The number of nitrogens with zero attached hydrogens (tertiary/aromatic N) is 2. The van der Waals surface area contributed by atoms with Crippen molar-refractivity contribution in [2.24, 2.45) is 11.8 Å². The lowest BCUT2D eigenvalue weighted by atomic mass is 10.0. The minimum atomic E-state index is -1.32. The fraction of sp³-hybridized carbons (Fsp3) is 0.750. The number of aliphatic carboxylic acids is 1. The highest BCUT2D eigenvalue weighted by Gasteiger charge is 2.61. The first kappa shape index (κ1) is 30.4. The second-order valence-corrected chi connectivity index (χ2v) is 11.4. The first-order valence-corrected chi connectivity index (χ1v) is 14.4. The number of carbonyl (C=O) groups is 5. The van der Waals surface area contributed by atoms with Crippen LogP contribution in [0.5, 0.6) is 0 Å². The van der Waals surface area contributed by atoms with Gasteiger partial charge < -0.3 is 30.9 Å². The van der Waals surface area contributed by atoms with Crippen LogP contribution in [0.3, 0.4) is 0 Å². The van der Waals surface area contributed by atoms with Crippen molar-refractivity contribution in [2.45, 2.75) is 96.2 Å². The van der Waals surface area contributed by atoms with Crippen molar-refractivity contribution < 1.29 is 29.1 Å². The summed E-state index contributed by atoms with van der Waals surface area (Å²) in [7, 11) is 0. The van der Waals surface area contributed by atoms with Crippen molar-refractivity contribution in [1.82, 2.24) is 25.8 Å². The number of amides is 5. The SMILES string of the molecule is CCCCC/C=C\C1C[C@]1(NC(=O)[C@@H]1CCCN1C(=O)CNC(=O)N[C@H](CN1CCCC1=O)C(C)C)C(=O)O. The van der Waals surface area contributed by atoms with Gasteiger partial charge in [-0.2, -0.15) is 0 Å². The fourth-order valence-electron chi connectivity index (χ4n) is 5.41. The van der Waals surface area contributed by atoms with Crippen molar-refractivity contribution in [3.05, 3.63) is 12.2 Å². The van der Waals surface area contributed by atoms with E-state index >= 15 is 0 Å². The van der Waals surface area contributed by atoms with Gasteiger partial charge >= 0.3 is 12.0 Å². The molecule has 0 aromatic carbocycles. The number of hydrogen-bond donors (Lipinski definition) is 4. The zero-order chi connectivity index (χ0) is 28.6. The van der Waals surface area contributed by atoms with Crippen molar-refractivity contribution in [2.75, 3.05) is 26.2 Å². The van der Waals surface area contributed by atoms with E-state index in [4.69, 9.17) is 0 Å². The molecule has 1 aliphatic carbocycles. The van der Waals surface area contributed by atoms with E-state index in [1.165, 1.54) is 4.90 Å². The highest BCUT2D eigenvalue weighted by Crippen LogP contribution is 2.45. The first-order valence-electron chi connectivity index (χ1n) is 14.4. The molecule has 4 N–H and O–H groups in total. The molecule has 218 valence electrons. The molecule has 2 saturated heterocycles. The van der Waals surface area contributed by atoms with E-state index in [2.05, 4.69) is 22.9 Å². The van der Waals surface area contributed by atoms with E-state index in [0.29, 0.717) is 45.3 Å². The molecule has 2 aliphatic heterocycles. The molecular formula is C28H45N5O6. The number of nitrogens with one attached hydrogen (secondary N) is 3. The Morgan fingerprint density at radius 2 is 1.92 bits per heavy atom. The van der Waals surface area contributed by atoms with Crippen LogP contribution in [0.1, 0.15) is 78.6 Å². The predicted molar refractivity (Wildman–Crippen MR) is 146 cm³/mol. The summed E-state index contributed by atoms with van der Waals surface area (Å²) in [5.41, 5.74) is -1.32. The molecule has 1 saturated carbocycles. The van der Waals surface area contributed by atoms with Crippen LogP contribution in [-0.2, 0) is 19.2 Å². The number of allylic oxidation sites excluding steroid dienone is 1. The van der Waals surface area contributed by atoms with Gasteiger partial charge in [0.15, 0.2) is 0 Å². The molecule has 11 heteroatoms. The third-order valence-electron chi connectivity index (χ3n) is 8.07. The lowest BCUT2D eigenvalue weighted by Crippen LogP contribution is -2.55. The normalized spacial score (nSPS) is 25.3. The molecular weight excluding hydrogens is 502 g/mol. The molecule has 4 atom stereocenters. The van der Waals surface area contributed by atoms with Crippen molar-refractivity contribution in [1.29, 1.82) is 0 Å². The third-order valence-corrected chi connectivity index (χ3v) is 8.07. The average molecular weight is 548 g/mol. The maximum Gasteiger partial charge on any atom is 0.330 e. The molecule has 2 heterocycles. The molecule has 0 aromatic heterocycles. The molecule has 0 radical (unpaired) electrons. The third kappa shape index (κ3) is 7.95. The quantitative estimate of drug-likeness (QED) is 0.193. The van der Waals surface area contributed by atoms with Gasteiger partial charge in [0.05, 0.1) is 12.6 Å². The summed E-state index contributed by atoms with van der Waals surface area (Å²) in [5.74, 6) is -2.02. The van der Waals surface area contributed by atoms with E-state index in [1.807, 2.05) is 26.0 Å². The molecule has 3 rings (SSSR count). The molecule has 39 heavy (non-hydrogen) atoms. The Bertz CT molecular complexity index is 953. The highest BCUT2D eigenvalue weighted by molar-refractivity contribution is 5.95. The van der Waals surface area contributed by atoms with Gasteiger partial charge in [-0.05, 0) is 44.4 Å². The van der Waals surface area contributed by atoms with E-state index in [0.717, 1.165) is 32.1 Å². The van der Waals surface area contributed by atoms with Crippen LogP contribution >= 0.6 is 0 Å². The molecule has 3 aliphatic rings. The van der Waals surface area contributed by atoms with Crippen LogP contribution < -0.4 is 16.0 Å². The van der Waals surface area contributed by atoms with E-state index in [1.54, 1.807) is 4.90 Å². The topological polar surface area (TPSA) is 148 Å². The Hall–Kier alpha value is -3.11. The molecule has 0 spiro atoms. The monoisotopic (exact) mass is 547 g/mol. The van der Waals surface area contributed by atoms with Crippen LogP contribution in [0.4, 0.5) is 4.79 Å². The van der Waals surface area contributed by atoms with E-state index in [-0.39, 0.29) is 30.3 Å². The Kier molecular flexibility index (Phi) is 10.8. The number of urea groups is 1. The number of rotatable bonds is 14. The standard InChI is InChI=1S/C28H45N5O6/c1-4-5-6-7-8-11-20-16-28(20,26(37)38)31-25(36)22-12-9-15-33(22)24(35)17-29-27(39)30-21(19(2)3)18-32-14-10-13-23(32)34/h8,11,19-22H,4-7,9-10,12-18H2,1-3H3,(H,31,36)(H,37,38)(H2,29,30,39)/b11-8-/t20?,21-,22+,28-/m1/s1. The van der Waals surface area contributed by atoms with Gasteiger partial charge in [0.1, 0.15) is 11.6 Å². The van der Waals surface area contributed by atoms with Gasteiger partial charge in [-0.3, -0.25) is 14.4 Å². The van der Waals surface area contributed by atoms with E-state index in [9.17, 15) is 29.1 Å². The van der Waals surface area contributed by atoms with Crippen LogP contribution in [0.15, 0.2) is 12.2 Å². The summed E-state index contributed by atoms with van der Waals surface area (Å²) in [6.07, 6.45) is 10.8. The second-order valence-electron chi connectivity index (χ2n) is 11.4. The number of carboxylic acids is 1. The maximum absolute atomic E-state index is 13.1. The number of carboxylic acid groups (broad SMARTS) is 1. The zero-order valence-electron chi connectivity index (χ0n) is 23.5. The van der Waals surface area contributed by atoms with Gasteiger partial charge in [0.2, 0.25) is 17.7 Å². The smallest absolute Gasteiger partial charge is 0.330 e. The van der Waals surface area contributed by atoms with Crippen molar-refractivity contribution >= 4 is 29.7 Å². The number of likely N-dealkylation sites (tertiary alicyclic amines) is 2. The van der Waals surface area contributed by atoms with Crippen LogP contribution in [0, 0.1) is 11.8 Å². The average Bonchev–Trinajstić information content (AvgIpc) is 3.19. The molecule has 11 nitrogen and oxygen atoms in total. The Morgan fingerprint density at radius 3 is 2.56 bits per heavy atom. The van der Waals surface area contributed by atoms with E-state index < -0.39 is 35.4 Å². The zero-order valence-corrected chi connectivity index (χ0v) is 23.5. The molecule has 5 amide bonds. The van der Waals surface area contributed by atoms with Gasteiger partial charge in [0, 0.05) is 32.0 Å². The van der Waals surface area contributed by atoms with Crippen molar-refractivity contribution in [3.8, 4) is 0 Å². The fourth-order valence-corrected chi connectivity index (χ4v) is 5.41. The number of unbranched alkanes of at least 4 members (excludes halogenated alkanes) is 3. The Morgan fingerprint density at radius 1 is 1.15 bits per heavy atom. The minimum Gasteiger partial charge on any atom is -0.479 e. The lowest BCUT2D eigenvalue weighted by Gasteiger charge is -2.28. The molecule has 0 aromatic rings. The van der Waals surface area contributed by atoms with Gasteiger partial charge in [-0.25, -0.2) is 9.59 Å². The van der Waals surface area contributed by atoms with Gasteiger partial charge in [-0.15, -0.1) is 0 Å². The van der Waals surface area contributed by atoms with Crippen LogP contribution in [-0.4, -0.2) is 88.4 Å². The molecule has 3 fully saturated rings. The largest absolute Gasteiger partial charge is 0.479 e. The lowest BCUT2D eigenvalue weighted by molar-refractivity contribution is -0.145. The minimum absolute atomic E-state index is 0.0848. The summed E-state index contributed by atoms with van der Waals surface area (Å²) >= 11 is 0. The summed E-state index contributed by atoms with van der Waals surface area (Å²) < 4.78 is 0. The van der Waals surface area contributed by atoms with Crippen LogP contribution in [0.2, 0.25) is 0 Å².